The third-order valence-corrected chi connectivity index (χ3v) is 5.65. The minimum Gasteiger partial charge on any atom is -0.481 e. The smallest absolute Gasteiger partial charge is 0.314 e. The molecule has 1 heterocycles. The van der Waals surface area contributed by atoms with E-state index in [2.05, 4.69) is 6.07 Å². The molecule has 0 spiro atoms. The van der Waals surface area contributed by atoms with Gasteiger partial charge in [0.2, 0.25) is 0 Å². The van der Waals surface area contributed by atoms with E-state index in [1.807, 2.05) is 42.5 Å². The van der Waals surface area contributed by atoms with Crippen LogP contribution in [0.25, 0.3) is 20.8 Å². The summed E-state index contributed by atoms with van der Waals surface area (Å²) in [4.78, 5) is 16.5. The largest absolute Gasteiger partial charge is 0.481 e. The highest BCUT2D eigenvalue weighted by molar-refractivity contribution is 7.21. The summed E-state index contributed by atoms with van der Waals surface area (Å²) in [5.41, 5.74) is 2.11. The molecular formula is C18H15NO2S. The Kier molecular flexibility index (Phi) is 3.01. The number of carboxylic acid groups (broad SMARTS) is 1. The van der Waals surface area contributed by atoms with Crippen LogP contribution in [-0.2, 0) is 10.2 Å². The van der Waals surface area contributed by atoms with Gasteiger partial charge in [-0.25, -0.2) is 4.98 Å². The molecule has 0 bridgehead atoms. The van der Waals surface area contributed by atoms with Crippen LogP contribution in [0.4, 0.5) is 0 Å². The SMILES string of the molecule is O=C(O)C1(c2ccccc2-c2nc3ccccc3s2)CCC1. The van der Waals surface area contributed by atoms with Crippen molar-refractivity contribution in [3.8, 4) is 10.6 Å². The summed E-state index contributed by atoms with van der Waals surface area (Å²) < 4.78 is 1.13. The third-order valence-electron chi connectivity index (χ3n) is 4.58. The Hall–Kier alpha value is -2.20. The van der Waals surface area contributed by atoms with Crippen molar-refractivity contribution in [3.63, 3.8) is 0 Å². The number of benzene rings is 2. The summed E-state index contributed by atoms with van der Waals surface area (Å²) in [6.45, 7) is 0. The molecule has 0 saturated heterocycles. The number of para-hydroxylation sites is 1. The normalized spacial score (nSPS) is 16.4. The fourth-order valence-electron chi connectivity index (χ4n) is 3.20. The molecule has 4 rings (SSSR count). The highest BCUT2D eigenvalue weighted by Crippen LogP contribution is 2.48. The monoisotopic (exact) mass is 309 g/mol. The van der Waals surface area contributed by atoms with E-state index in [-0.39, 0.29) is 0 Å². The molecule has 1 aliphatic rings. The van der Waals surface area contributed by atoms with E-state index < -0.39 is 11.4 Å². The average molecular weight is 309 g/mol. The highest BCUT2D eigenvalue weighted by atomic mass is 32.1. The van der Waals surface area contributed by atoms with E-state index in [1.54, 1.807) is 11.3 Å². The zero-order valence-electron chi connectivity index (χ0n) is 12.0. The molecule has 0 aliphatic heterocycles. The molecule has 1 aromatic heterocycles. The van der Waals surface area contributed by atoms with E-state index in [0.717, 1.165) is 32.8 Å². The number of fused-ring (bicyclic) bond motifs is 1. The molecule has 0 atom stereocenters. The first-order valence-electron chi connectivity index (χ1n) is 7.40. The third kappa shape index (κ3) is 1.87. The minimum atomic E-state index is -0.728. The summed E-state index contributed by atoms with van der Waals surface area (Å²) in [5.74, 6) is -0.715. The molecule has 110 valence electrons. The second-order valence-corrected chi connectivity index (χ2v) is 6.80. The van der Waals surface area contributed by atoms with Gasteiger partial charge >= 0.3 is 5.97 Å². The van der Waals surface area contributed by atoms with Crippen LogP contribution in [0.5, 0.6) is 0 Å². The molecule has 1 fully saturated rings. The van der Waals surface area contributed by atoms with Crippen molar-refractivity contribution in [1.82, 2.24) is 4.98 Å². The van der Waals surface area contributed by atoms with Gasteiger partial charge in [-0.1, -0.05) is 42.8 Å². The Labute approximate surface area is 132 Å². The first-order chi connectivity index (χ1) is 10.7. The van der Waals surface area contributed by atoms with Crippen LogP contribution in [0, 0.1) is 0 Å². The number of rotatable bonds is 3. The number of hydrogen-bond acceptors (Lipinski definition) is 3. The Morgan fingerprint density at radius 3 is 2.50 bits per heavy atom. The van der Waals surface area contributed by atoms with Gasteiger partial charge < -0.3 is 5.11 Å². The van der Waals surface area contributed by atoms with Crippen LogP contribution < -0.4 is 0 Å². The fraction of sp³-hybridized carbons (Fsp3) is 0.222. The Bertz CT molecular complexity index is 831. The molecule has 0 radical (unpaired) electrons. The fourth-order valence-corrected chi connectivity index (χ4v) is 4.21. The van der Waals surface area contributed by atoms with E-state index in [9.17, 15) is 9.90 Å². The maximum Gasteiger partial charge on any atom is 0.314 e. The summed E-state index contributed by atoms with van der Waals surface area (Å²) >= 11 is 1.62. The van der Waals surface area contributed by atoms with Crippen LogP contribution in [0.2, 0.25) is 0 Å². The van der Waals surface area contributed by atoms with Gasteiger partial charge in [-0.15, -0.1) is 11.3 Å². The molecule has 2 aromatic carbocycles. The van der Waals surface area contributed by atoms with Crippen LogP contribution in [-0.4, -0.2) is 16.1 Å². The van der Waals surface area contributed by atoms with Gasteiger partial charge in [-0.3, -0.25) is 4.79 Å². The number of carboxylic acids is 1. The Morgan fingerprint density at radius 2 is 1.82 bits per heavy atom. The standard InChI is InChI=1S/C18H15NO2S/c20-17(21)18(10-5-11-18)13-7-2-1-6-12(13)16-19-14-8-3-4-9-15(14)22-16/h1-4,6-9H,5,10-11H2,(H,20,21). The minimum absolute atomic E-state index is 0.713. The molecule has 1 N–H and O–H groups in total. The molecule has 22 heavy (non-hydrogen) atoms. The van der Waals surface area contributed by atoms with Gasteiger partial charge in [0.15, 0.2) is 0 Å². The van der Waals surface area contributed by atoms with Crippen LogP contribution in [0.15, 0.2) is 48.5 Å². The lowest BCUT2D eigenvalue weighted by molar-refractivity contribution is -0.147. The molecule has 1 aliphatic carbocycles. The predicted molar refractivity (Wildman–Crippen MR) is 88.2 cm³/mol. The molecule has 4 heteroatoms. The van der Waals surface area contributed by atoms with Crippen molar-refractivity contribution in [3.05, 3.63) is 54.1 Å². The van der Waals surface area contributed by atoms with Crippen LogP contribution in [0.1, 0.15) is 24.8 Å². The van der Waals surface area contributed by atoms with Crippen molar-refractivity contribution in [1.29, 1.82) is 0 Å². The van der Waals surface area contributed by atoms with Crippen molar-refractivity contribution >= 4 is 27.5 Å². The summed E-state index contributed by atoms with van der Waals surface area (Å²) in [7, 11) is 0. The lowest BCUT2D eigenvalue weighted by Crippen LogP contribution is -2.42. The molecule has 0 amide bonds. The van der Waals surface area contributed by atoms with Gasteiger partial charge in [0, 0.05) is 5.56 Å². The maximum absolute atomic E-state index is 11.8. The highest BCUT2D eigenvalue weighted by Gasteiger charge is 2.47. The van der Waals surface area contributed by atoms with Gasteiger partial charge in [-0.2, -0.15) is 0 Å². The van der Waals surface area contributed by atoms with Crippen molar-refractivity contribution in [2.24, 2.45) is 0 Å². The topological polar surface area (TPSA) is 50.2 Å². The number of hydrogen-bond donors (Lipinski definition) is 1. The zero-order valence-corrected chi connectivity index (χ0v) is 12.8. The molecule has 0 unspecified atom stereocenters. The summed E-state index contributed by atoms with van der Waals surface area (Å²) in [5, 5.41) is 10.6. The molecule has 1 saturated carbocycles. The second-order valence-electron chi connectivity index (χ2n) is 5.77. The molecule has 3 nitrogen and oxygen atoms in total. The van der Waals surface area contributed by atoms with E-state index >= 15 is 0 Å². The Balaban J connectivity index is 1.91. The van der Waals surface area contributed by atoms with Crippen molar-refractivity contribution < 1.29 is 9.90 Å². The number of aromatic nitrogens is 1. The summed E-state index contributed by atoms with van der Waals surface area (Å²) in [6, 6.07) is 15.9. The molecular weight excluding hydrogens is 294 g/mol. The number of nitrogens with zero attached hydrogens (tertiary/aromatic N) is 1. The van der Waals surface area contributed by atoms with Crippen LogP contribution >= 0.6 is 11.3 Å². The van der Waals surface area contributed by atoms with E-state index in [4.69, 9.17) is 4.98 Å². The van der Waals surface area contributed by atoms with Gasteiger partial charge in [0.1, 0.15) is 5.01 Å². The molecule has 3 aromatic rings. The first-order valence-corrected chi connectivity index (χ1v) is 8.21. The predicted octanol–water partition coefficient (Wildman–Crippen LogP) is 4.47. The maximum atomic E-state index is 11.8. The first kappa shape index (κ1) is 13.5. The van der Waals surface area contributed by atoms with Crippen LogP contribution in [0.3, 0.4) is 0 Å². The lowest BCUT2D eigenvalue weighted by Gasteiger charge is -2.39. The lowest BCUT2D eigenvalue weighted by atomic mass is 9.63. The van der Waals surface area contributed by atoms with Crippen molar-refractivity contribution in [2.75, 3.05) is 0 Å². The van der Waals surface area contributed by atoms with E-state index in [1.165, 1.54) is 0 Å². The van der Waals surface area contributed by atoms with Gasteiger partial charge in [0.05, 0.1) is 15.6 Å². The number of aliphatic carboxylic acids is 1. The number of carbonyl (C=O) groups is 1. The average Bonchev–Trinajstić information content (AvgIpc) is 2.90. The number of thiazole rings is 1. The Morgan fingerprint density at radius 1 is 1.09 bits per heavy atom. The summed E-state index contributed by atoms with van der Waals surface area (Å²) in [6.07, 6.45) is 2.40. The quantitative estimate of drug-likeness (QED) is 0.776. The zero-order chi connectivity index (χ0) is 15.2. The second kappa shape index (κ2) is 4.92. The van der Waals surface area contributed by atoms with Crippen molar-refractivity contribution in [2.45, 2.75) is 24.7 Å². The van der Waals surface area contributed by atoms with Gasteiger partial charge in [0.25, 0.3) is 0 Å². The van der Waals surface area contributed by atoms with E-state index in [0.29, 0.717) is 12.8 Å². The van der Waals surface area contributed by atoms with Gasteiger partial charge in [-0.05, 0) is 30.5 Å².